The Balaban J connectivity index is 1.61. The van der Waals surface area contributed by atoms with Gasteiger partial charge in [-0.25, -0.2) is 18.0 Å². The van der Waals surface area contributed by atoms with Gasteiger partial charge in [-0.15, -0.1) is 0 Å². The highest BCUT2D eigenvalue weighted by Crippen LogP contribution is 2.26. The molecular weight excluding hydrogens is 359 g/mol. The molecule has 0 bridgehead atoms. The van der Waals surface area contributed by atoms with Gasteiger partial charge in [0.1, 0.15) is 0 Å². The first kappa shape index (κ1) is 18.8. The van der Waals surface area contributed by atoms with Crippen molar-refractivity contribution < 1.29 is 22.8 Å². The number of amides is 3. The summed E-state index contributed by atoms with van der Waals surface area (Å²) in [6, 6.07) is 9.69. The summed E-state index contributed by atoms with van der Waals surface area (Å²) in [4.78, 5) is 26.0. The Morgan fingerprint density at radius 1 is 1.11 bits per heavy atom. The first-order chi connectivity index (χ1) is 12.9. The second kappa shape index (κ2) is 7.69. The van der Waals surface area contributed by atoms with E-state index < -0.39 is 35.2 Å². The van der Waals surface area contributed by atoms with Gasteiger partial charge in [-0.1, -0.05) is 30.3 Å². The molecule has 2 atom stereocenters. The topological polar surface area (TPSA) is 61.4 Å². The van der Waals surface area contributed by atoms with E-state index in [1.54, 1.807) is 4.90 Å². The van der Waals surface area contributed by atoms with Gasteiger partial charge in [0, 0.05) is 13.0 Å². The lowest BCUT2D eigenvalue weighted by atomic mass is 10.1. The van der Waals surface area contributed by atoms with E-state index in [2.05, 4.69) is 10.6 Å². The summed E-state index contributed by atoms with van der Waals surface area (Å²) in [7, 11) is 0. The minimum Gasteiger partial charge on any atom is -0.334 e. The Hall–Kier alpha value is -3.03. The molecule has 8 heteroatoms. The molecule has 0 saturated carbocycles. The average Bonchev–Trinajstić information content (AvgIpc) is 3.02. The molecule has 1 aliphatic heterocycles. The minimum absolute atomic E-state index is 0.102. The third kappa shape index (κ3) is 4.05. The van der Waals surface area contributed by atoms with Crippen LogP contribution in [0.4, 0.5) is 23.7 Å². The van der Waals surface area contributed by atoms with E-state index in [-0.39, 0.29) is 18.4 Å². The van der Waals surface area contributed by atoms with E-state index in [9.17, 15) is 22.8 Å². The number of carbonyl (C=O) groups excluding carboxylic acids is 2. The number of nitrogens with zero attached hydrogens (tertiary/aromatic N) is 1. The van der Waals surface area contributed by atoms with Crippen LogP contribution in [-0.4, -0.2) is 29.4 Å². The number of halogens is 3. The van der Waals surface area contributed by atoms with Crippen molar-refractivity contribution in [2.24, 2.45) is 0 Å². The highest BCUT2D eigenvalue weighted by atomic mass is 19.2. The molecule has 3 amide bonds. The van der Waals surface area contributed by atoms with Crippen molar-refractivity contribution in [3.05, 3.63) is 65.5 Å². The van der Waals surface area contributed by atoms with Crippen molar-refractivity contribution in [2.45, 2.75) is 25.4 Å². The summed E-state index contributed by atoms with van der Waals surface area (Å²) >= 11 is 0. The summed E-state index contributed by atoms with van der Waals surface area (Å²) in [6.45, 7) is 2.19. The average molecular weight is 377 g/mol. The number of nitrogens with one attached hydrogen (secondary N) is 2. The zero-order valence-electron chi connectivity index (χ0n) is 14.5. The number of likely N-dealkylation sites (tertiary alicyclic amines) is 1. The fourth-order valence-corrected chi connectivity index (χ4v) is 3.08. The van der Waals surface area contributed by atoms with Gasteiger partial charge in [-0.2, -0.15) is 0 Å². The van der Waals surface area contributed by atoms with Gasteiger partial charge in [-0.3, -0.25) is 4.79 Å². The van der Waals surface area contributed by atoms with Crippen LogP contribution in [0.5, 0.6) is 0 Å². The quantitative estimate of drug-likeness (QED) is 0.800. The highest BCUT2D eigenvalue weighted by molar-refractivity contribution is 5.90. The predicted molar refractivity (Wildman–Crippen MR) is 93.4 cm³/mol. The van der Waals surface area contributed by atoms with E-state index in [0.29, 0.717) is 6.54 Å². The largest absolute Gasteiger partial charge is 0.334 e. The van der Waals surface area contributed by atoms with Crippen molar-refractivity contribution in [2.75, 3.05) is 11.9 Å². The highest BCUT2D eigenvalue weighted by Gasteiger charge is 2.34. The number of rotatable bonds is 4. The third-order valence-corrected chi connectivity index (χ3v) is 4.53. The van der Waals surface area contributed by atoms with Gasteiger partial charge in [0.15, 0.2) is 17.5 Å². The molecule has 1 aliphatic rings. The van der Waals surface area contributed by atoms with Crippen molar-refractivity contribution >= 4 is 17.6 Å². The van der Waals surface area contributed by atoms with E-state index in [4.69, 9.17) is 0 Å². The molecule has 0 aliphatic carbocycles. The maximum atomic E-state index is 13.6. The Bertz CT molecular complexity index is 861. The lowest BCUT2D eigenvalue weighted by molar-refractivity contribution is -0.129. The number of hydrogen-bond donors (Lipinski definition) is 2. The fourth-order valence-electron chi connectivity index (χ4n) is 3.08. The van der Waals surface area contributed by atoms with Crippen LogP contribution in [0, 0.1) is 17.5 Å². The van der Waals surface area contributed by atoms with Crippen molar-refractivity contribution in [1.82, 2.24) is 10.2 Å². The number of carbonyl (C=O) groups is 2. The Morgan fingerprint density at radius 3 is 2.52 bits per heavy atom. The van der Waals surface area contributed by atoms with Gasteiger partial charge in [-0.05, 0) is 24.6 Å². The molecule has 2 aromatic carbocycles. The monoisotopic (exact) mass is 377 g/mol. The molecule has 2 aromatic rings. The molecule has 0 radical (unpaired) electrons. The van der Waals surface area contributed by atoms with Crippen LogP contribution in [0.3, 0.4) is 0 Å². The smallest absolute Gasteiger partial charge is 0.319 e. The van der Waals surface area contributed by atoms with E-state index in [1.165, 1.54) is 0 Å². The molecule has 27 heavy (non-hydrogen) atoms. The lowest BCUT2D eigenvalue weighted by Gasteiger charge is -2.25. The van der Waals surface area contributed by atoms with Crippen LogP contribution in [0.1, 0.15) is 24.9 Å². The van der Waals surface area contributed by atoms with Crippen LogP contribution >= 0.6 is 0 Å². The van der Waals surface area contributed by atoms with Gasteiger partial charge in [0.2, 0.25) is 5.91 Å². The third-order valence-electron chi connectivity index (χ3n) is 4.53. The molecule has 5 nitrogen and oxygen atoms in total. The van der Waals surface area contributed by atoms with Crippen LogP contribution in [-0.2, 0) is 4.79 Å². The van der Waals surface area contributed by atoms with Crippen LogP contribution < -0.4 is 10.6 Å². The standard InChI is InChI=1S/C19H18F3N3O2/c1-11(12-5-3-2-4-6-12)25-10-13(9-16(25)26)23-19(27)24-15-8-7-14(20)17(21)18(15)22/h2-8,11,13H,9-10H2,1H3,(H2,23,24,27). The van der Waals surface area contributed by atoms with Gasteiger partial charge in [0.25, 0.3) is 0 Å². The first-order valence-electron chi connectivity index (χ1n) is 8.42. The predicted octanol–water partition coefficient (Wildman–Crippen LogP) is 3.59. The van der Waals surface area contributed by atoms with Crippen molar-refractivity contribution in [3.8, 4) is 0 Å². The van der Waals surface area contributed by atoms with E-state index >= 15 is 0 Å². The summed E-state index contributed by atoms with van der Waals surface area (Å²) < 4.78 is 39.8. The van der Waals surface area contributed by atoms with Gasteiger partial charge >= 0.3 is 6.03 Å². The summed E-state index contributed by atoms with van der Waals surface area (Å²) in [5.41, 5.74) is 0.491. The molecule has 1 saturated heterocycles. The van der Waals surface area contributed by atoms with Crippen LogP contribution in [0.25, 0.3) is 0 Å². The number of hydrogen-bond acceptors (Lipinski definition) is 2. The second-order valence-corrected chi connectivity index (χ2v) is 6.36. The first-order valence-corrected chi connectivity index (χ1v) is 8.42. The minimum atomic E-state index is -1.66. The summed E-state index contributed by atoms with van der Waals surface area (Å²) in [5, 5.41) is 4.69. The van der Waals surface area contributed by atoms with Crippen LogP contribution in [0.2, 0.25) is 0 Å². The maximum Gasteiger partial charge on any atom is 0.319 e. The second-order valence-electron chi connectivity index (χ2n) is 6.36. The van der Waals surface area contributed by atoms with Gasteiger partial charge < -0.3 is 15.5 Å². The Labute approximate surface area is 154 Å². The zero-order valence-corrected chi connectivity index (χ0v) is 14.5. The molecule has 142 valence electrons. The van der Waals surface area contributed by atoms with Crippen LogP contribution in [0.15, 0.2) is 42.5 Å². The normalized spacial score (nSPS) is 17.7. The van der Waals surface area contributed by atoms with E-state index in [1.807, 2.05) is 37.3 Å². The molecule has 1 heterocycles. The Morgan fingerprint density at radius 2 is 1.81 bits per heavy atom. The molecule has 0 spiro atoms. The van der Waals surface area contributed by atoms with Crippen molar-refractivity contribution in [3.63, 3.8) is 0 Å². The molecule has 3 rings (SSSR count). The number of benzene rings is 2. The molecule has 2 unspecified atom stereocenters. The number of urea groups is 1. The SMILES string of the molecule is CC(c1ccccc1)N1CC(NC(=O)Nc2ccc(F)c(F)c2F)CC1=O. The Kier molecular flexibility index (Phi) is 5.34. The molecule has 2 N–H and O–H groups in total. The van der Waals surface area contributed by atoms with Gasteiger partial charge in [0.05, 0.1) is 17.8 Å². The summed E-state index contributed by atoms with van der Waals surface area (Å²) in [6.07, 6.45) is 0.102. The number of anilines is 1. The fraction of sp³-hybridized carbons (Fsp3) is 0.263. The van der Waals surface area contributed by atoms with Crippen molar-refractivity contribution in [1.29, 1.82) is 0 Å². The molecule has 1 fully saturated rings. The van der Waals surface area contributed by atoms with E-state index in [0.717, 1.165) is 17.7 Å². The lowest BCUT2D eigenvalue weighted by Crippen LogP contribution is -2.40. The zero-order chi connectivity index (χ0) is 19.6. The molecular formula is C19H18F3N3O2. The summed E-state index contributed by atoms with van der Waals surface area (Å²) in [5.74, 6) is -4.60. The maximum absolute atomic E-state index is 13.6. The molecule has 0 aromatic heterocycles.